The normalized spacial score (nSPS) is 12.3. The number of ketones is 1. The van der Waals surface area contributed by atoms with E-state index >= 15 is 0 Å². The standard InChI is InChI=1S/C24H20ClFN2O2/c1-15(14-29)12-23(30)16-6-11-20-22(13-16)28(18-9-7-17(26)8-10-18)27-24(20)19-4-2-3-5-21(19)25/h2-11,13,15,29H,12,14H2,1H3/t15-/m0/s1. The first kappa shape index (κ1) is 20.3. The van der Waals surface area contributed by atoms with E-state index < -0.39 is 0 Å². The molecule has 0 saturated carbocycles. The van der Waals surface area contributed by atoms with E-state index in [-0.39, 0.29) is 30.5 Å². The summed E-state index contributed by atoms with van der Waals surface area (Å²) >= 11 is 6.41. The van der Waals surface area contributed by atoms with Gasteiger partial charge in [0, 0.05) is 29.5 Å². The van der Waals surface area contributed by atoms with Crippen LogP contribution in [0.2, 0.25) is 5.02 Å². The number of benzene rings is 3. The summed E-state index contributed by atoms with van der Waals surface area (Å²) in [6, 6.07) is 18.9. The van der Waals surface area contributed by atoms with Gasteiger partial charge in [0.1, 0.15) is 11.5 Å². The lowest BCUT2D eigenvalue weighted by atomic mass is 9.98. The average molecular weight is 423 g/mol. The predicted octanol–water partition coefficient (Wildman–Crippen LogP) is 5.69. The smallest absolute Gasteiger partial charge is 0.163 e. The summed E-state index contributed by atoms with van der Waals surface area (Å²) in [6.07, 6.45) is 0.254. The van der Waals surface area contributed by atoms with Gasteiger partial charge in [-0.15, -0.1) is 0 Å². The average Bonchev–Trinajstić information content (AvgIpc) is 3.13. The van der Waals surface area contributed by atoms with Crippen molar-refractivity contribution in [1.82, 2.24) is 9.78 Å². The lowest BCUT2D eigenvalue weighted by Gasteiger charge is -2.08. The van der Waals surface area contributed by atoms with Crippen molar-refractivity contribution in [3.8, 4) is 16.9 Å². The minimum atomic E-state index is -0.338. The molecule has 0 spiro atoms. The Balaban J connectivity index is 1.91. The lowest BCUT2D eigenvalue weighted by Crippen LogP contribution is -2.09. The minimum absolute atomic E-state index is 0.0435. The van der Waals surface area contributed by atoms with Crippen molar-refractivity contribution in [3.63, 3.8) is 0 Å². The van der Waals surface area contributed by atoms with E-state index in [4.69, 9.17) is 16.7 Å². The highest BCUT2D eigenvalue weighted by atomic mass is 35.5. The van der Waals surface area contributed by atoms with E-state index in [0.29, 0.717) is 22.0 Å². The zero-order valence-electron chi connectivity index (χ0n) is 16.3. The molecule has 0 aliphatic heterocycles. The van der Waals surface area contributed by atoms with Gasteiger partial charge in [-0.25, -0.2) is 9.07 Å². The molecule has 0 aliphatic carbocycles. The van der Waals surface area contributed by atoms with Crippen LogP contribution in [0.1, 0.15) is 23.7 Å². The van der Waals surface area contributed by atoms with E-state index in [1.165, 1.54) is 12.1 Å². The second-order valence-electron chi connectivity index (χ2n) is 7.36. The van der Waals surface area contributed by atoms with Crippen molar-refractivity contribution >= 4 is 28.3 Å². The Labute approximate surface area is 178 Å². The first-order chi connectivity index (χ1) is 14.5. The fourth-order valence-corrected chi connectivity index (χ4v) is 3.64. The van der Waals surface area contributed by atoms with Gasteiger partial charge in [-0.2, -0.15) is 5.10 Å². The molecule has 0 aliphatic rings. The summed E-state index contributed by atoms with van der Waals surface area (Å²) in [5, 5.41) is 15.4. The quantitative estimate of drug-likeness (QED) is 0.406. The molecule has 152 valence electrons. The number of fused-ring (bicyclic) bond motifs is 1. The molecular formula is C24H20ClFN2O2. The summed E-state index contributed by atoms with van der Waals surface area (Å²) in [4.78, 5) is 12.7. The zero-order chi connectivity index (χ0) is 21.3. The van der Waals surface area contributed by atoms with Gasteiger partial charge in [-0.05, 0) is 48.4 Å². The first-order valence-corrected chi connectivity index (χ1v) is 10.0. The fourth-order valence-electron chi connectivity index (χ4n) is 3.42. The Bertz CT molecular complexity index is 1220. The van der Waals surface area contributed by atoms with Gasteiger partial charge in [0.2, 0.25) is 0 Å². The SMILES string of the molecule is C[C@H](CO)CC(=O)c1ccc2c(-c3ccccc3Cl)nn(-c3ccc(F)cc3)c2c1. The van der Waals surface area contributed by atoms with Crippen LogP contribution in [-0.4, -0.2) is 27.3 Å². The highest BCUT2D eigenvalue weighted by Crippen LogP contribution is 2.34. The van der Waals surface area contributed by atoms with Crippen LogP contribution in [0, 0.1) is 11.7 Å². The lowest BCUT2D eigenvalue weighted by molar-refractivity contribution is 0.0943. The number of aliphatic hydroxyl groups excluding tert-OH is 1. The van der Waals surface area contributed by atoms with Crippen molar-refractivity contribution < 1.29 is 14.3 Å². The molecule has 1 aromatic heterocycles. The van der Waals surface area contributed by atoms with Gasteiger partial charge in [0.05, 0.1) is 16.2 Å². The van der Waals surface area contributed by atoms with Crippen LogP contribution >= 0.6 is 11.6 Å². The molecule has 4 aromatic rings. The Morgan fingerprint density at radius 2 is 1.87 bits per heavy atom. The summed E-state index contributed by atoms with van der Waals surface area (Å²) in [5.74, 6) is -0.506. The Hall–Kier alpha value is -3.02. The summed E-state index contributed by atoms with van der Waals surface area (Å²) < 4.78 is 15.1. The molecule has 0 amide bonds. The number of hydrogen-bond acceptors (Lipinski definition) is 3. The van der Waals surface area contributed by atoms with Gasteiger partial charge >= 0.3 is 0 Å². The number of hydrogen-bond donors (Lipinski definition) is 1. The van der Waals surface area contributed by atoms with Gasteiger partial charge in [-0.3, -0.25) is 4.79 Å². The molecule has 1 atom stereocenters. The second-order valence-corrected chi connectivity index (χ2v) is 7.77. The highest BCUT2D eigenvalue weighted by Gasteiger charge is 2.18. The molecule has 1 heterocycles. The van der Waals surface area contributed by atoms with Crippen LogP contribution in [-0.2, 0) is 0 Å². The van der Waals surface area contributed by atoms with Crippen LogP contribution in [0.5, 0.6) is 0 Å². The van der Waals surface area contributed by atoms with Gasteiger partial charge in [0.25, 0.3) is 0 Å². The molecule has 0 saturated heterocycles. The maximum atomic E-state index is 13.5. The molecule has 6 heteroatoms. The minimum Gasteiger partial charge on any atom is -0.396 e. The highest BCUT2D eigenvalue weighted by molar-refractivity contribution is 6.33. The van der Waals surface area contributed by atoms with Gasteiger partial charge < -0.3 is 5.11 Å². The second kappa shape index (κ2) is 8.38. The van der Waals surface area contributed by atoms with E-state index in [0.717, 1.165) is 16.5 Å². The van der Waals surface area contributed by atoms with Gasteiger partial charge in [0.15, 0.2) is 5.78 Å². The van der Waals surface area contributed by atoms with Crippen molar-refractivity contribution in [2.24, 2.45) is 5.92 Å². The first-order valence-electron chi connectivity index (χ1n) is 9.65. The molecule has 0 radical (unpaired) electrons. The summed E-state index contributed by atoms with van der Waals surface area (Å²) in [5.41, 5.74) is 3.39. The molecule has 3 aromatic carbocycles. The van der Waals surface area contributed by atoms with Crippen molar-refractivity contribution in [1.29, 1.82) is 0 Å². The van der Waals surface area contributed by atoms with E-state index in [2.05, 4.69) is 0 Å². The third-order valence-electron chi connectivity index (χ3n) is 5.05. The van der Waals surface area contributed by atoms with Crippen molar-refractivity contribution in [3.05, 3.63) is 83.1 Å². The number of nitrogens with zero attached hydrogens (tertiary/aromatic N) is 2. The molecule has 4 rings (SSSR count). The molecular weight excluding hydrogens is 403 g/mol. The van der Waals surface area contributed by atoms with Crippen LogP contribution in [0.15, 0.2) is 66.7 Å². The van der Waals surface area contributed by atoms with E-state index in [1.807, 2.05) is 31.2 Å². The predicted molar refractivity (Wildman–Crippen MR) is 117 cm³/mol. The Kier molecular flexibility index (Phi) is 5.66. The number of halogens is 2. The Morgan fingerprint density at radius 1 is 1.13 bits per heavy atom. The topological polar surface area (TPSA) is 55.1 Å². The molecule has 0 unspecified atom stereocenters. The van der Waals surface area contributed by atoms with Crippen molar-refractivity contribution in [2.45, 2.75) is 13.3 Å². The Morgan fingerprint density at radius 3 is 2.57 bits per heavy atom. The molecule has 1 N–H and O–H groups in total. The maximum absolute atomic E-state index is 13.5. The number of Topliss-reactive ketones (excluding diaryl/α,β-unsaturated/α-hetero) is 1. The third-order valence-corrected chi connectivity index (χ3v) is 5.38. The van der Waals surface area contributed by atoms with Crippen LogP contribution < -0.4 is 0 Å². The van der Waals surface area contributed by atoms with Crippen LogP contribution in [0.4, 0.5) is 4.39 Å². The third kappa shape index (κ3) is 3.86. The summed E-state index contributed by atoms with van der Waals surface area (Å²) in [6.45, 7) is 1.78. The summed E-state index contributed by atoms with van der Waals surface area (Å²) in [7, 11) is 0. The number of carbonyl (C=O) groups is 1. The maximum Gasteiger partial charge on any atom is 0.163 e. The van der Waals surface area contributed by atoms with Gasteiger partial charge in [-0.1, -0.05) is 42.8 Å². The molecule has 0 fully saturated rings. The van der Waals surface area contributed by atoms with E-state index in [9.17, 15) is 14.3 Å². The monoisotopic (exact) mass is 422 g/mol. The van der Waals surface area contributed by atoms with Crippen LogP contribution in [0.3, 0.4) is 0 Å². The molecule has 4 nitrogen and oxygen atoms in total. The fraction of sp³-hybridized carbons (Fsp3) is 0.167. The van der Waals surface area contributed by atoms with E-state index in [1.54, 1.807) is 35.0 Å². The number of rotatable bonds is 6. The number of aliphatic hydroxyl groups is 1. The van der Waals surface area contributed by atoms with Crippen molar-refractivity contribution in [2.75, 3.05) is 6.61 Å². The van der Waals surface area contributed by atoms with Crippen LogP contribution in [0.25, 0.3) is 27.8 Å². The molecule has 0 bridgehead atoms. The molecule has 30 heavy (non-hydrogen) atoms. The largest absolute Gasteiger partial charge is 0.396 e. The zero-order valence-corrected chi connectivity index (χ0v) is 17.1. The number of aromatic nitrogens is 2. The number of carbonyl (C=O) groups excluding carboxylic acids is 1.